The van der Waals surface area contributed by atoms with Crippen LogP contribution < -0.4 is 15.0 Å². The van der Waals surface area contributed by atoms with E-state index < -0.39 is 6.10 Å². The number of aromatic hydroxyl groups is 1. The zero-order valence-electron chi connectivity index (χ0n) is 18.4. The number of aliphatic hydroxyl groups is 1. The first-order chi connectivity index (χ1) is 15.7. The van der Waals surface area contributed by atoms with Crippen molar-refractivity contribution in [2.45, 2.75) is 43.9 Å². The molecular weight excluding hydrogens is 465 g/mol. The number of carbonyl (C=O) groups is 1. The minimum Gasteiger partial charge on any atom is -0.506 e. The maximum absolute atomic E-state index is 11.7. The van der Waals surface area contributed by atoms with Crippen molar-refractivity contribution in [1.82, 2.24) is 4.90 Å². The van der Waals surface area contributed by atoms with E-state index in [1.807, 2.05) is 23.1 Å². The fourth-order valence-electron chi connectivity index (χ4n) is 5.37. The van der Waals surface area contributed by atoms with Crippen LogP contribution in [0.4, 0.5) is 11.4 Å². The number of likely N-dealkylation sites (tertiary alicyclic amines) is 1. The van der Waals surface area contributed by atoms with Gasteiger partial charge in [-0.1, -0.05) is 23.2 Å². The van der Waals surface area contributed by atoms with E-state index in [0.717, 1.165) is 48.7 Å². The van der Waals surface area contributed by atoms with E-state index in [0.29, 0.717) is 24.5 Å². The molecular formula is C24H27Cl2N3O4. The van der Waals surface area contributed by atoms with Crippen LogP contribution >= 0.6 is 23.2 Å². The van der Waals surface area contributed by atoms with Crippen LogP contribution in [0.15, 0.2) is 30.3 Å². The van der Waals surface area contributed by atoms with Gasteiger partial charge in [-0.2, -0.15) is 0 Å². The summed E-state index contributed by atoms with van der Waals surface area (Å²) >= 11 is 12.2. The normalized spacial score (nSPS) is 24.1. The number of amides is 1. The summed E-state index contributed by atoms with van der Waals surface area (Å²) in [7, 11) is 0. The third-order valence-electron chi connectivity index (χ3n) is 7.02. The van der Waals surface area contributed by atoms with Gasteiger partial charge in [0.1, 0.15) is 17.1 Å². The summed E-state index contributed by atoms with van der Waals surface area (Å²) in [5, 5.41) is 24.7. The second kappa shape index (κ2) is 8.55. The van der Waals surface area contributed by atoms with Gasteiger partial charge in [0.05, 0.1) is 28.5 Å². The number of rotatable bonds is 3. The number of anilines is 2. The van der Waals surface area contributed by atoms with E-state index in [-0.39, 0.29) is 28.3 Å². The van der Waals surface area contributed by atoms with Crippen LogP contribution in [0, 0.1) is 0 Å². The fourth-order valence-corrected chi connectivity index (χ4v) is 5.73. The van der Waals surface area contributed by atoms with Crippen LogP contribution in [0.25, 0.3) is 0 Å². The Morgan fingerprint density at radius 3 is 2.67 bits per heavy atom. The molecule has 33 heavy (non-hydrogen) atoms. The van der Waals surface area contributed by atoms with E-state index in [9.17, 15) is 15.0 Å². The molecule has 3 heterocycles. The van der Waals surface area contributed by atoms with Crippen LogP contribution in [0.3, 0.4) is 0 Å². The van der Waals surface area contributed by atoms with Gasteiger partial charge in [-0.3, -0.25) is 9.69 Å². The lowest BCUT2D eigenvalue weighted by atomic mass is 9.86. The van der Waals surface area contributed by atoms with Crippen molar-refractivity contribution in [3.8, 4) is 11.5 Å². The Hall–Kier alpha value is -2.19. The standard InChI is InChI=1S/C24H27Cl2N3O4/c1-14(30)27-18-9-17(26)21(31)10-19(18)29-12-20(22(32)13-29)28-6-4-24(5-7-28)11-15-8-16(25)2-3-23(15)33-24/h2-3,8-10,20,22,31-32H,4-7,11-13H2,1H3,(H,27,30). The fraction of sp³-hybridized carbons (Fsp3) is 0.458. The molecule has 2 atom stereocenters. The minimum absolute atomic E-state index is 0.0522. The molecule has 2 aromatic rings. The number of hydrogen-bond acceptors (Lipinski definition) is 6. The van der Waals surface area contributed by atoms with Gasteiger partial charge in [0.25, 0.3) is 0 Å². The quantitative estimate of drug-likeness (QED) is 0.567. The third-order valence-corrected chi connectivity index (χ3v) is 7.55. The lowest BCUT2D eigenvalue weighted by Crippen LogP contribution is -2.53. The molecule has 3 aliphatic rings. The smallest absolute Gasteiger partial charge is 0.221 e. The number of piperidine rings is 1. The molecule has 2 fully saturated rings. The van der Waals surface area contributed by atoms with Crippen molar-refractivity contribution in [2.75, 3.05) is 36.4 Å². The zero-order valence-corrected chi connectivity index (χ0v) is 19.9. The van der Waals surface area contributed by atoms with E-state index in [1.165, 1.54) is 6.92 Å². The molecule has 2 aromatic carbocycles. The van der Waals surface area contributed by atoms with Crippen molar-refractivity contribution < 1.29 is 19.7 Å². The second-order valence-electron chi connectivity index (χ2n) is 9.29. The Labute approximate surface area is 202 Å². The molecule has 2 saturated heterocycles. The number of nitrogens with one attached hydrogen (secondary N) is 1. The van der Waals surface area contributed by atoms with Crippen molar-refractivity contribution >= 4 is 40.5 Å². The molecule has 3 aliphatic heterocycles. The van der Waals surface area contributed by atoms with Crippen molar-refractivity contribution in [3.05, 3.63) is 45.9 Å². The minimum atomic E-state index is -0.553. The number of β-amino-alcohol motifs (C(OH)–C–C–N with tert-alkyl or cyclic N) is 1. The summed E-state index contributed by atoms with van der Waals surface area (Å²) in [5.41, 5.74) is 2.13. The molecule has 0 aliphatic carbocycles. The SMILES string of the molecule is CC(=O)Nc1cc(Cl)c(O)cc1N1CC(O)C(N2CCC3(CC2)Cc2cc(Cl)ccc2O3)C1. The molecule has 9 heteroatoms. The average Bonchev–Trinajstić information content (AvgIpc) is 3.30. The molecule has 2 unspecified atom stereocenters. The molecule has 176 valence electrons. The number of halogens is 2. The van der Waals surface area contributed by atoms with Gasteiger partial charge in [0.2, 0.25) is 5.91 Å². The lowest BCUT2D eigenvalue weighted by molar-refractivity contribution is -0.114. The first-order valence-electron chi connectivity index (χ1n) is 11.2. The summed E-state index contributed by atoms with van der Waals surface area (Å²) < 4.78 is 6.36. The zero-order chi connectivity index (χ0) is 23.3. The number of hydrogen-bond donors (Lipinski definition) is 3. The van der Waals surface area contributed by atoms with Crippen LogP contribution in [-0.4, -0.2) is 64.9 Å². The number of benzene rings is 2. The summed E-state index contributed by atoms with van der Waals surface area (Å²) in [4.78, 5) is 16.0. The van der Waals surface area contributed by atoms with Gasteiger partial charge >= 0.3 is 0 Å². The van der Waals surface area contributed by atoms with Crippen molar-refractivity contribution in [3.63, 3.8) is 0 Å². The first-order valence-corrected chi connectivity index (χ1v) is 11.9. The summed E-state index contributed by atoms with van der Waals surface area (Å²) in [6.45, 7) is 4.05. The van der Waals surface area contributed by atoms with Crippen LogP contribution in [-0.2, 0) is 11.2 Å². The lowest BCUT2D eigenvalue weighted by Gasteiger charge is -2.41. The second-order valence-corrected chi connectivity index (χ2v) is 10.1. The van der Waals surface area contributed by atoms with E-state index in [2.05, 4.69) is 10.2 Å². The Bertz CT molecular complexity index is 1090. The molecule has 3 N–H and O–H groups in total. The number of ether oxygens (including phenoxy) is 1. The third kappa shape index (κ3) is 4.35. The van der Waals surface area contributed by atoms with E-state index >= 15 is 0 Å². The van der Waals surface area contributed by atoms with Gasteiger partial charge in [0.15, 0.2) is 0 Å². The van der Waals surface area contributed by atoms with Crippen LogP contribution in [0.5, 0.6) is 11.5 Å². The number of phenolic OH excluding ortho intramolecular Hbond substituents is 1. The molecule has 0 saturated carbocycles. The summed E-state index contributed by atoms with van der Waals surface area (Å²) in [6.07, 6.45) is 2.06. The first kappa shape index (κ1) is 22.6. The number of aliphatic hydroxyl groups excluding tert-OH is 1. The molecule has 7 nitrogen and oxygen atoms in total. The number of fused-ring (bicyclic) bond motifs is 1. The predicted molar refractivity (Wildman–Crippen MR) is 129 cm³/mol. The Balaban J connectivity index is 1.28. The number of nitrogens with zero attached hydrogens (tertiary/aromatic N) is 2. The van der Waals surface area contributed by atoms with Gasteiger partial charge in [-0.15, -0.1) is 0 Å². The molecule has 1 spiro atoms. The predicted octanol–water partition coefficient (Wildman–Crippen LogP) is 3.68. The van der Waals surface area contributed by atoms with E-state index in [1.54, 1.807) is 12.1 Å². The highest BCUT2D eigenvalue weighted by Crippen LogP contribution is 2.43. The molecule has 5 rings (SSSR count). The van der Waals surface area contributed by atoms with Crippen molar-refractivity contribution in [2.24, 2.45) is 0 Å². The maximum Gasteiger partial charge on any atom is 0.221 e. The Morgan fingerprint density at radius 1 is 1.18 bits per heavy atom. The molecule has 1 amide bonds. The number of carbonyl (C=O) groups excluding carboxylic acids is 1. The highest BCUT2D eigenvalue weighted by Gasteiger charge is 2.45. The van der Waals surface area contributed by atoms with Crippen LogP contribution in [0.2, 0.25) is 10.0 Å². The van der Waals surface area contributed by atoms with Gasteiger partial charge in [-0.25, -0.2) is 0 Å². The van der Waals surface area contributed by atoms with Crippen molar-refractivity contribution in [1.29, 1.82) is 0 Å². The molecule has 0 bridgehead atoms. The average molecular weight is 492 g/mol. The number of phenols is 1. The summed E-state index contributed by atoms with van der Waals surface area (Å²) in [5.74, 6) is 0.638. The van der Waals surface area contributed by atoms with E-state index in [4.69, 9.17) is 27.9 Å². The van der Waals surface area contributed by atoms with Gasteiger partial charge in [0, 0.05) is 63.5 Å². The Kier molecular flexibility index (Phi) is 5.85. The molecule has 0 aromatic heterocycles. The highest BCUT2D eigenvalue weighted by molar-refractivity contribution is 6.32. The van der Waals surface area contributed by atoms with Gasteiger partial charge < -0.3 is 25.2 Å². The van der Waals surface area contributed by atoms with Crippen LogP contribution in [0.1, 0.15) is 25.3 Å². The summed E-state index contributed by atoms with van der Waals surface area (Å²) in [6, 6.07) is 8.84. The Morgan fingerprint density at radius 2 is 1.94 bits per heavy atom. The monoisotopic (exact) mass is 491 g/mol. The highest BCUT2D eigenvalue weighted by atomic mass is 35.5. The molecule has 0 radical (unpaired) electrons. The largest absolute Gasteiger partial charge is 0.506 e. The topological polar surface area (TPSA) is 85.3 Å². The maximum atomic E-state index is 11.7. The van der Waals surface area contributed by atoms with Gasteiger partial charge in [-0.05, 0) is 29.8 Å².